The van der Waals surface area contributed by atoms with Gasteiger partial charge in [0.15, 0.2) is 0 Å². The van der Waals surface area contributed by atoms with Crippen LogP contribution in [-0.4, -0.2) is 22.4 Å². The van der Waals surface area contributed by atoms with Gasteiger partial charge in [0, 0.05) is 20.7 Å². The van der Waals surface area contributed by atoms with E-state index >= 15 is 0 Å². The molecule has 0 saturated carbocycles. The van der Waals surface area contributed by atoms with E-state index in [9.17, 15) is 4.79 Å². The maximum atomic E-state index is 10.9. The first kappa shape index (κ1) is 29.8. The van der Waals surface area contributed by atoms with E-state index in [0.717, 1.165) is 49.6 Å². The largest absolute Gasteiger partial charge is 0.478 e. The van der Waals surface area contributed by atoms with Crippen LogP contribution >= 0.6 is 46.6 Å². The second-order valence-corrected chi connectivity index (χ2v) is 11.7. The molecule has 3 nitrogen and oxygen atoms in total. The number of thioether (sulfide) groups is 1. The molecule has 42 heavy (non-hydrogen) atoms. The van der Waals surface area contributed by atoms with Gasteiger partial charge in [0.05, 0.1) is 0 Å². The number of hydrogen-bond donors (Lipinski definition) is 1. The van der Waals surface area contributed by atoms with Crippen molar-refractivity contribution in [1.82, 2.24) is 0 Å². The van der Waals surface area contributed by atoms with Gasteiger partial charge in [-0.05, 0) is 87.5 Å². The van der Waals surface area contributed by atoms with Gasteiger partial charge < -0.3 is 9.84 Å². The Balaban J connectivity index is 1.38. The summed E-state index contributed by atoms with van der Waals surface area (Å²) in [5.41, 5.74) is 6.37. The number of carbonyl (C=O) groups is 1. The fraction of sp³-hybridized carbons (Fsp3) is 0.0571. The summed E-state index contributed by atoms with van der Waals surface area (Å²) >= 11 is 19.5. The van der Waals surface area contributed by atoms with Crippen LogP contribution in [0.1, 0.15) is 11.1 Å². The third-order valence-corrected chi connectivity index (χ3v) is 8.26. The van der Waals surface area contributed by atoms with E-state index in [1.807, 2.05) is 60.7 Å². The lowest BCUT2D eigenvalue weighted by atomic mass is 9.94. The summed E-state index contributed by atoms with van der Waals surface area (Å²) in [6.45, 7) is 0. The Labute approximate surface area is 264 Å². The highest BCUT2D eigenvalue weighted by Crippen LogP contribution is 2.31. The molecular weight excluding hydrogens is 607 g/mol. The van der Waals surface area contributed by atoms with Crippen LogP contribution in [-0.2, 0) is 4.79 Å². The summed E-state index contributed by atoms with van der Waals surface area (Å²) in [5, 5.41) is 10.4. The summed E-state index contributed by atoms with van der Waals surface area (Å²) in [5.74, 6) is -0.101. The Morgan fingerprint density at radius 3 is 1.48 bits per heavy atom. The first-order chi connectivity index (χ1) is 20.4. The van der Waals surface area contributed by atoms with E-state index in [1.54, 1.807) is 23.9 Å². The molecule has 0 aliphatic carbocycles. The maximum Gasteiger partial charge on any atom is 0.360 e. The van der Waals surface area contributed by atoms with Crippen molar-refractivity contribution in [2.75, 3.05) is 5.75 Å². The Kier molecular flexibility index (Phi) is 9.93. The molecule has 7 heteroatoms. The van der Waals surface area contributed by atoms with E-state index in [2.05, 4.69) is 54.6 Å². The molecule has 1 unspecified atom stereocenters. The van der Waals surface area contributed by atoms with E-state index in [-0.39, 0.29) is 0 Å². The SMILES string of the molecule is O=C(O)C(Cl)Oc1ccc(SCC=C(c2ccc(-c3ccc(Cl)cc3)cc2)c2ccc(-c3ccc(Cl)cc3)cc2)cc1. The molecule has 0 saturated heterocycles. The van der Waals surface area contributed by atoms with E-state index in [1.165, 1.54) is 0 Å². The molecule has 1 atom stereocenters. The lowest BCUT2D eigenvalue weighted by Gasteiger charge is -2.12. The Hall–Kier alpha value is -3.67. The number of rotatable bonds is 10. The number of alkyl halides is 1. The van der Waals surface area contributed by atoms with E-state index < -0.39 is 11.5 Å². The molecule has 0 aliphatic heterocycles. The van der Waals surface area contributed by atoms with Crippen molar-refractivity contribution in [2.24, 2.45) is 0 Å². The molecule has 5 aromatic rings. The standard InChI is InChI=1S/C35H25Cl3O3S/c36-29-13-9-25(10-14-29)23-1-5-27(6-2-23)33(28-7-3-24(4-8-28)26-11-15-30(37)16-12-26)21-22-42-32-19-17-31(18-20-32)41-34(38)35(39)40/h1-21,34H,22H2,(H,39,40). The molecule has 1 N–H and O–H groups in total. The zero-order chi connectivity index (χ0) is 29.5. The van der Waals surface area contributed by atoms with Crippen LogP contribution in [0.3, 0.4) is 0 Å². The number of carboxylic acid groups (broad SMARTS) is 1. The normalized spacial score (nSPS) is 11.5. The molecule has 0 aliphatic rings. The Morgan fingerprint density at radius 2 is 1.07 bits per heavy atom. The topological polar surface area (TPSA) is 46.5 Å². The number of ether oxygens (including phenoxy) is 1. The Morgan fingerprint density at radius 1 is 0.667 bits per heavy atom. The minimum atomic E-state index is -1.42. The highest BCUT2D eigenvalue weighted by Gasteiger charge is 2.15. The smallest absolute Gasteiger partial charge is 0.360 e. The van der Waals surface area contributed by atoms with Gasteiger partial charge in [-0.1, -0.05) is 114 Å². The number of benzene rings is 5. The van der Waals surface area contributed by atoms with E-state index in [4.69, 9.17) is 44.6 Å². The predicted molar refractivity (Wildman–Crippen MR) is 176 cm³/mol. The van der Waals surface area contributed by atoms with Crippen molar-refractivity contribution < 1.29 is 14.6 Å². The van der Waals surface area contributed by atoms with Gasteiger partial charge in [0.2, 0.25) is 0 Å². The fourth-order valence-electron chi connectivity index (χ4n) is 4.38. The van der Waals surface area contributed by atoms with Crippen molar-refractivity contribution in [3.63, 3.8) is 0 Å². The molecule has 0 bridgehead atoms. The van der Waals surface area contributed by atoms with Crippen LogP contribution in [0.5, 0.6) is 5.75 Å². The third-order valence-electron chi connectivity index (χ3n) is 6.54. The zero-order valence-corrected chi connectivity index (χ0v) is 25.3. The van der Waals surface area contributed by atoms with Crippen molar-refractivity contribution in [1.29, 1.82) is 0 Å². The summed E-state index contributed by atoms with van der Waals surface area (Å²) in [4.78, 5) is 12.0. The quantitative estimate of drug-likeness (QED) is 0.123. The van der Waals surface area contributed by atoms with Crippen molar-refractivity contribution >= 4 is 58.1 Å². The third kappa shape index (κ3) is 7.78. The van der Waals surface area contributed by atoms with Gasteiger partial charge >= 0.3 is 5.97 Å². The average Bonchev–Trinajstić information content (AvgIpc) is 3.01. The predicted octanol–water partition coefficient (Wildman–Crippen LogP) is 10.6. The molecule has 210 valence electrons. The van der Waals surface area contributed by atoms with Crippen LogP contribution in [0.4, 0.5) is 0 Å². The van der Waals surface area contributed by atoms with Crippen molar-refractivity contribution in [2.45, 2.75) is 10.5 Å². The van der Waals surface area contributed by atoms with Crippen molar-refractivity contribution in [3.8, 4) is 28.0 Å². The van der Waals surface area contributed by atoms with Gasteiger partial charge in [-0.15, -0.1) is 11.8 Å². The second-order valence-electron chi connectivity index (χ2n) is 9.34. The minimum absolute atomic E-state index is 0.402. The average molecular weight is 632 g/mol. The van der Waals surface area contributed by atoms with Crippen LogP contribution in [0, 0.1) is 0 Å². The summed E-state index contributed by atoms with van der Waals surface area (Å²) in [7, 11) is 0. The summed E-state index contributed by atoms with van der Waals surface area (Å²) in [6.07, 6.45) is 2.23. The monoisotopic (exact) mass is 630 g/mol. The molecule has 5 rings (SSSR count). The molecular formula is C35H25Cl3O3S. The van der Waals surface area contributed by atoms with Crippen LogP contribution in [0.15, 0.2) is 132 Å². The summed E-state index contributed by atoms with van der Waals surface area (Å²) < 4.78 is 5.22. The van der Waals surface area contributed by atoms with Crippen LogP contribution in [0.25, 0.3) is 27.8 Å². The lowest BCUT2D eigenvalue weighted by molar-refractivity contribution is -0.141. The van der Waals surface area contributed by atoms with E-state index in [0.29, 0.717) is 15.8 Å². The Bertz CT molecular complexity index is 1570. The number of hydrogen-bond acceptors (Lipinski definition) is 3. The van der Waals surface area contributed by atoms with Gasteiger partial charge in [0.25, 0.3) is 5.56 Å². The summed E-state index contributed by atoms with van der Waals surface area (Å²) in [6, 6.07) is 40.0. The van der Waals surface area contributed by atoms with Gasteiger partial charge in [0.1, 0.15) is 5.75 Å². The van der Waals surface area contributed by atoms with Crippen LogP contribution in [0.2, 0.25) is 10.0 Å². The molecule has 0 spiro atoms. The number of carboxylic acids is 1. The number of halogens is 3. The first-order valence-electron chi connectivity index (χ1n) is 13.0. The van der Waals surface area contributed by atoms with Crippen molar-refractivity contribution in [3.05, 3.63) is 149 Å². The molecule has 0 fully saturated rings. The maximum absolute atomic E-state index is 10.9. The van der Waals surface area contributed by atoms with Gasteiger partial charge in [-0.2, -0.15) is 0 Å². The molecule has 5 aromatic carbocycles. The van der Waals surface area contributed by atoms with Gasteiger partial charge in [-0.3, -0.25) is 0 Å². The molecule has 0 radical (unpaired) electrons. The second kappa shape index (κ2) is 14.0. The zero-order valence-electron chi connectivity index (χ0n) is 22.2. The molecule has 0 heterocycles. The minimum Gasteiger partial charge on any atom is -0.478 e. The highest BCUT2D eigenvalue weighted by molar-refractivity contribution is 7.99. The first-order valence-corrected chi connectivity index (χ1v) is 15.2. The van der Waals surface area contributed by atoms with Crippen LogP contribution < -0.4 is 4.74 Å². The molecule has 0 aromatic heterocycles. The lowest BCUT2D eigenvalue weighted by Crippen LogP contribution is -2.20. The highest BCUT2D eigenvalue weighted by atomic mass is 35.5. The fourth-order valence-corrected chi connectivity index (χ4v) is 5.50. The number of aliphatic carboxylic acids is 1. The molecule has 0 amide bonds. The van der Waals surface area contributed by atoms with Gasteiger partial charge in [-0.25, -0.2) is 4.79 Å².